The lowest BCUT2D eigenvalue weighted by Gasteiger charge is -2.19. The molecule has 2 rings (SSSR count). The van der Waals surface area contributed by atoms with Crippen molar-refractivity contribution >= 4 is 17.1 Å². The Labute approximate surface area is 112 Å². The van der Waals surface area contributed by atoms with Crippen LogP contribution >= 0.6 is 11.3 Å². The monoisotopic (exact) mass is 260 g/mol. The molecule has 1 heterocycles. The van der Waals surface area contributed by atoms with Gasteiger partial charge >= 0.3 is 0 Å². The molecule has 1 aromatic carbocycles. The number of hydrogen-bond acceptors (Lipinski definition) is 2. The number of thiophene rings is 1. The van der Waals surface area contributed by atoms with Gasteiger partial charge in [-0.05, 0) is 17.0 Å². The van der Waals surface area contributed by atoms with Gasteiger partial charge in [0.25, 0.3) is 0 Å². The third kappa shape index (κ3) is 3.06. The van der Waals surface area contributed by atoms with Crippen LogP contribution in [0.15, 0.2) is 47.8 Å². The second-order valence-electron chi connectivity index (χ2n) is 4.66. The molecule has 0 radical (unpaired) electrons. The highest BCUT2D eigenvalue weighted by Crippen LogP contribution is 2.12. The summed E-state index contributed by atoms with van der Waals surface area (Å²) in [5.41, 5.74) is 1.22. The SMILES string of the molecule is C[NH+](C)[C@H](Cc1ccccc1)C(=O)c1cccs1. The van der Waals surface area contributed by atoms with E-state index in [0.29, 0.717) is 0 Å². The molecule has 94 valence electrons. The zero-order valence-corrected chi connectivity index (χ0v) is 11.5. The summed E-state index contributed by atoms with van der Waals surface area (Å²) in [4.78, 5) is 14.5. The number of rotatable bonds is 5. The normalized spacial score (nSPS) is 12.6. The molecule has 0 saturated heterocycles. The fourth-order valence-electron chi connectivity index (χ4n) is 2.00. The largest absolute Gasteiger partial charge is 0.331 e. The van der Waals surface area contributed by atoms with Crippen molar-refractivity contribution in [1.29, 1.82) is 0 Å². The minimum atomic E-state index is -0.00829. The molecule has 0 saturated carbocycles. The van der Waals surface area contributed by atoms with E-state index >= 15 is 0 Å². The number of benzene rings is 1. The Morgan fingerprint density at radius 1 is 1.17 bits per heavy atom. The molecule has 1 N–H and O–H groups in total. The quantitative estimate of drug-likeness (QED) is 0.812. The number of likely N-dealkylation sites (N-methyl/N-ethyl adjacent to an activating group) is 1. The van der Waals surface area contributed by atoms with Gasteiger partial charge in [0.05, 0.1) is 19.0 Å². The van der Waals surface area contributed by atoms with Gasteiger partial charge in [-0.1, -0.05) is 36.4 Å². The molecular formula is C15H18NOS+. The Bertz CT molecular complexity index is 490. The van der Waals surface area contributed by atoms with Crippen LogP contribution in [0, 0.1) is 0 Å². The van der Waals surface area contributed by atoms with E-state index in [0.717, 1.165) is 11.3 Å². The zero-order valence-electron chi connectivity index (χ0n) is 10.7. The average molecular weight is 260 g/mol. The molecule has 0 aliphatic carbocycles. The van der Waals surface area contributed by atoms with Crippen molar-refractivity contribution in [1.82, 2.24) is 0 Å². The summed E-state index contributed by atoms with van der Waals surface area (Å²) < 4.78 is 0. The maximum Gasteiger partial charge on any atom is 0.230 e. The summed E-state index contributed by atoms with van der Waals surface area (Å²) in [5, 5.41) is 1.96. The van der Waals surface area contributed by atoms with Gasteiger partial charge in [0.15, 0.2) is 6.04 Å². The maximum absolute atomic E-state index is 12.4. The summed E-state index contributed by atoms with van der Waals surface area (Å²) in [7, 11) is 4.08. The van der Waals surface area contributed by atoms with Crippen molar-refractivity contribution in [2.45, 2.75) is 12.5 Å². The number of nitrogens with one attached hydrogen (secondary N) is 1. The molecule has 0 amide bonds. The molecule has 0 unspecified atom stereocenters. The molecule has 1 atom stereocenters. The van der Waals surface area contributed by atoms with Gasteiger partial charge in [-0.3, -0.25) is 4.79 Å². The topological polar surface area (TPSA) is 21.5 Å². The standard InChI is InChI=1S/C15H17NOS/c1-16(2)13(11-12-7-4-3-5-8-12)15(17)14-9-6-10-18-14/h3-10,13H,11H2,1-2H3/p+1/t13-/m1/s1. The van der Waals surface area contributed by atoms with Crippen LogP contribution in [-0.2, 0) is 6.42 Å². The van der Waals surface area contributed by atoms with Gasteiger partial charge in [0.2, 0.25) is 5.78 Å². The fraction of sp³-hybridized carbons (Fsp3) is 0.267. The minimum absolute atomic E-state index is 0.00829. The van der Waals surface area contributed by atoms with Crippen LogP contribution in [0.2, 0.25) is 0 Å². The Kier molecular flexibility index (Phi) is 4.28. The van der Waals surface area contributed by atoms with E-state index in [4.69, 9.17) is 0 Å². The van der Waals surface area contributed by atoms with Crippen molar-refractivity contribution in [3.63, 3.8) is 0 Å². The smallest absolute Gasteiger partial charge is 0.230 e. The van der Waals surface area contributed by atoms with Crippen molar-refractivity contribution < 1.29 is 9.69 Å². The maximum atomic E-state index is 12.4. The molecule has 0 spiro atoms. The van der Waals surface area contributed by atoms with Crippen LogP contribution in [-0.4, -0.2) is 25.9 Å². The molecule has 2 nitrogen and oxygen atoms in total. The van der Waals surface area contributed by atoms with E-state index in [1.807, 2.05) is 49.8 Å². The lowest BCUT2D eigenvalue weighted by atomic mass is 10.0. The number of ketones is 1. The van der Waals surface area contributed by atoms with Crippen molar-refractivity contribution in [3.05, 3.63) is 58.3 Å². The molecule has 0 aliphatic rings. The third-order valence-electron chi connectivity index (χ3n) is 3.06. The van der Waals surface area contributed by atoms with Crippen LogP contribution in [0.5, 0.6) is 0 Å². The van der Waals surface area contributed by atoms with E-state index in [1.54, 1.807) is 0 Å². The number of quaternary nitrogens is 1. The van der Waals surface area contributed by atoms with E-state index in [9.17, 15) is 4.79 Å². The second kappa shape index (κ2) is 5.94. The molecule has 1 aromatic heterocycles. The average Bonchev–Trinajstić information content (AvgIpc) is 2.90. The Hall–Kier alpha value is -1.45. The van der Waals surface area contributed by atoms with Gasteiger partial charge in [-0.25, -0.2) is 0 Å². The summed E-state index contributed by atoms with van der Waals surface area (Å²) in [6, 6.07) is 14.0. The Morgan fingerprint density at radius 3 is 2.44 bits per heavy atom. The van der Waals surface area contributed by atoms with Gasteiger partial charge in [-0.2, -0.15) is 0 Å². The first-order valence-corrected chi connectivity index (χ1v) is 6.98. The summed E-state index contributed by atoms with van der Waals surface area (Å²) in [6.07, 6.45) is 0.792. The van der Waals surface area contributed by atoms with Gasteiger partial charge in [0, 0.05) is 6.42 Å². The number of carbonyl (C=O) groups excluding carboxylic acids is 1. The molecule has 0 fully saturated rings. The highest BCUT2D eigenvalue weighted by atomic mass is 32.1. The number of Topliss-reactive ketones (excluding diaryl/α,β-unsaturated/α-hetero) is 1. The predicted molar refractivity (Wildman–Crippen MR) is 75.4 cm³/mol. The summed E-state index contributed by atoms with van der Waals surface area (Å²) >= 11 is 1.52. The molecule has 3 heteroatoms. The Morgan fingerprint density at radius 2 is 1.89 bits per heavy atom. The Balaban J connectivity index is 2.17. The lowest BCUT2D eigenvalue weighted by Crippen LogP contribution is -3.11. The first-order chi connectivity index (χ1) is 8.68. The predicted octanol–water partition coefficient (Wildman–Crippen LogP) is 1.69. The van der Waals surface area contributed by atoms with Crippen molar-refractivity contribution in [2.24, 2.45) is 0 Å². The summed E-state index contributed by atoms with van der Waals surface area (Å²) in [5.74, 6) is 0.244. The lowest BCUT2D eigenvalue weighted by molar-refractivity contribution is -0.874. The zero-order chi connectivity index (χ0) is 13.0. The highest BCUT2D eigenvalue weighted by Gasteiger charge is 2.26. The van der Waals surface area contributed by atoms with E-state index < -0.39 is 0 Å². The van der Waals surface area contributed by atoms with Gasteiger partial charge < -0.3 is 4.90 Å². The molecular weight excluding hydrogens is 242 g/mol. The van der Waals surface area contributed by atoms with Crippen molar-refractivity contribution in [3.8, 4) is 0 Å². The van der Waals surface area contributed by atoms with E-state index in [2.05, 4.69) is 12.1 Å². The van der Waals surface area contributed by atoms with E-state index in [1.165, 1.54) is 21.8 Å². The number of carbonyl (C=O) groups is 1. The third-order valence-corrected chi connectivity index (χ3v) is 3.94. The minimum Gasteiger partial charge on any atom is -0.331 e. The fourth-order valence-corrected chi connectivity index (χ4v) is 2.72. The van der Waals surface area contributed by atoms with Crippen LogP contribution in [0.4, 0.5) is 0 Å². The van der Waals surface area contributed by atoms with Crippen molar-refractivity contribution in [2.75, 3.05) is 14.1 Å². The number of hydrogen-bond donors (Lipinski definition) is 1. The molecule has 0 aliphatic heterocycles. The van der Waals surface area contributed by atoms with E-state index in [-0.39, 0.29) is 11.8 Å². The van der Waals surface area contributed by atoms with Gasteiger partial charge in [0.1, 0.15) is 0 Å². The second-order valence-corrected chi connectivity index (χ2v) is 5.61. The first kappa shape index (κ1) is 13.0. The molecule has 18 heavy (non-hydrogen) atoms. The first-order valence-electron chi connectivity index (χ1n) is 6.10. The van der Waals surface area contributed by atoms with Gasteiger partial charge in [-0.15, -0.1) is 11.3 Å². The van der Waals surface area contributed by atoms with Crippen LogP contribution < -0.4 is 4.90 Å². The summed E-state index contributed by atoms with van der Waals surface area (Å²) in [6.45, 7) is 0. The van der Waals surface area contributed by atoms with Crippen LogP contribution in [0.25, 0.3) is 0 Å². The highest BCUT2D eigenvalue weighted by molar-refractivity contribution is 7.12. The molecule has 0 bridgehead atoms. The van der Waals surface area contributed by atoms with Crippen LogP contribution in [0.1, 0.15) is 15.2 Å². The van der Waals surface area contributed by atoms with Crippen LogP contribution in [0.3, 0.4) is 0 Å². The molecule has 2 aromatic rings.